The molecule has 1 unspecified atom stereocenters. The number of hydrogen-bond donors (Lipinski definition) is 1. The van der Waals surface area contributed by atoms with E-state index in [0.29, 0.717) is 16.8 Å². The lowest BCUT2D eigenvalue weighted by Gasteiger charge is -2.14. The molecule has 1 rings (SSSR count). The molecule has 0 amide bonds. The van der Waals surface area contributed by atoms with Crippen LogP contribution >= 0.6 is 15.9 Å². The smallest absolute Gasteiger partial charge is 0.133 e. The standard InChI is InChI=1S/C12H15BrF2O/c1-7(2)3-4-11(16)12-9(14)5-8(13)6-10(12)15/h5-7,11,16H,3-4H2,1-2H3. The van der Waals surface area contributed by atoms with Crippen LogP contribution in [0.5, 0.6) is 0 Å². The van der Waals surface area contributed by atoms with Gasteiger partial charge in [0.05, 0.1) is 11.7 Å². The van der Waals surface area contributed by atoms with E-state index in [1.54, 1.807) is 0 Å². The Hall–Kier alpha value is -0.480. The van der Waals surface area contributed by atoms with E-state index in [1.165, 1.54) is 0 Å². The Labute approximate surface area is 103 Å². The van der Waals surface area contributed by atoms with Gasteiger partial charge in [0.15, 0.2) is 0 Å². The monoisotopic (exact) mass is 292 g/mol. The largest absolute Gasteiger partial charge is 0.388 e. The maximum atomic E-state index is 13.5. The molecule has 0 aromatic heterocycles. The molecule has 1 N–H and O–H groups in total. The van der Waals surface area contributed by atoms with Gasteiger partial charge in [-0.15, -0.1) is 0 Å². The highest BCUT2D eigenvalue weighted by Gasteiger charge is 2.18. The van der Waals surface area contributed by atoms with E-state index in [-0.39, 0.29) is 5.56 Å². The minimum Gasteiger partial charge on any atom is -0.388 e. The number of halogens is 3. The number of hydrogen-bond acceptors (Lipinski definition) is 1. The molecule has 16 heavy (non-hydrogen) atoms. The summed E-state index contributed by atoms with van der Waals surface area (Å²) in [5, 5.41) is 9.73. The van der Waals surface area contributed by atoms with Crippen molar-refractivity contribution in [3.05, 3.63) is 33.8 Å². The second-order valence-corrected chi connectivity index (χ2v) is 5.19. The van der Waals surface area contributed by atoms with Crippen molar-refractivity contribution in [2.24, 2.45) is 5.92 Å². The lowest BCUT2D eigenvalue weighted by Crippen LogP contribution is -2.05. The third-order valence-corrected chi connectivity index (χ3v) is 2.85. The fourth-order valence-corrected chi connectivity index (χ4v) is 1.91. The van der Waals surface area contributed by atoms with Gasteiger partial charge in [-0.3, -0.25) is 0 Å². The summed E-state index contributed by atoms with van der Waals surface area (Å²) >= 11 is 3.00. The van der Waals surface area contributed by atoms with E-state index in [1.807, 2.05) is 13.8 Å². The molecule has 1 nitrogen and oxygen atoms in total. The molecule has 0 aliphatic rings. The van der Waals surface area contributed by atoms with Gasteiger partial charge in [-0.1, -0.05) is 29.8 Å². The van der Waals surface area contributed by atoms with Crippen molar-refractivity contribution < 1.29 is 13.9 Å². The summed E-state index contributed by atoms with van der Waals surface area (Å²) in [7, 11) is 0. The summed E-state index contributed by atoms with van der Waals surface area (Å²) in [5.74, 6) is -1.01. The van der Waals surface area contributed by atoms with E-state index in [0.717, 1.165) is 18.6 Å². The van der Waals surface area contributed by atoms with Crippen molar-refractivity contribution >= 4 is 15.9 Å². The first kappa shape index (κ1) is 13.6. The summed E-state index contributed by atoms with van der Waals surface area (Å²) in [6.07, 6.45) is 0.0268. The highest BCUT2D eigenvalue weighted by molar-refractivity contribution is 9.10. The molecule has 0 fully saturated rings. The average Bonchev–Trinajstić information content (AvgIpc) is 2.12. The highest BCUT2D eigenvalue weighted by atomic mass is 79.9. The molecule has 1 aromatic rings. The number of rotatable bonds is 4. The van der Waals surface area contributed by atoms with Gasteiger partial charge >= 0.3 is 0 Å². The minimum absolute atomic E-state index is 0.233. The zero-order valence-corrected chi connectivity index (χ0v) is 10.9. The zero-order chi connectivity index (χ0) is 12.3. The van der Waals surface area contributed by atoms with Crippen molar-refractivity contribution in [1.82, 2.24) is 0 Å². The zero-order valence-electron chi connectivity index (χ0n) is 9.30. The number of aliphatic hydroxyl groups excluding tert-OH is 1. The Morgan fingerprint density at radius 2 is 1.69 bits per heavy atom. The second-order valence-electron chi connectivity index (χ2n) is 4.27. The first-order valence-corrected chi connectivity index (χ1v) is 6.03. The fraction of sp³-hybridized carbons (Fsp3) is 0.500. The van der Waals surface area contributed by atoms with Crippen molar-refractivity contribution in [2.75, 3.05) is 0 Å². The van der Waals surface area contributed by atoms with E-state index in [2.05, 4.69) is 15.9 Å². The van der Waals surface area contributed by atoms with Gasteiger partial charge in [0.1, 0.15) is 11.6 Å². The third kappa shape index (κ3) is 3.52. The lowest BCUT2D eigenvalue weighted by atomic mass is 9.99. The molecule has 0 aliphatic carbocycles. The van der Waals surface area contributed by atoms with Gasteiger partial charge in [0.25, 0.3) is 0 Å². The molecule has 0 saturated heterocycles. The normalized spacial score (nSPS) is 13.2. The van der Waals surface area contributed by atoms with Crippen LogP contribution in [0, 0.1) is 17.6 Å². The van der Waals surface area contributed by atoms with Crippen molar-refractivity contribution in [3.63, 3.8) is 0 Å². The van der Waals surface area contributed by atoms with Gasteiger partial charge in [-0.25, -0.2) is 8.78 Å². The molecule has 1 atom stereocenters. The minimum atomic E-state index is -1.07. The van der Waals surface area contributed by atoms with E-state index >= 15 is 0 Å². The number of benzene rings is 1. The molecular formula is C12H15BrF2O. The van der Waals surface area contributed by atoms with Gasteiger partial charge in [-0.05, 0) is 30.9 Å². The van der Waals surface area contributed by atoms with E-state index in [9.17, 15) is 13.9 Å². The fourth-order valence-electron chi connectivity index (χ4n) is 1.51. The van der Waals surface area contributed by atoms with Crippen LogP contribution < -0.4 is 0 Å². The maximum absolute atomic E-state index is 13.5. The van der Waals surface area contributed by atoms with Crippen LogP contribution in [0.3, 0.4) is 0 Å². The molecule has 0 aliphatic heterocycles. The average molecular weight is 293 g/mol. The Morgan fingerprint density at radius 1 is 1.19 bits per heavy atom. The number of aliphatic hydroxyl groups is 1. The van der Waals surface area contributed by atoms with Crippen molar-refractivity contribution in [3.8, 4) is 0 Å². The topological polar surface area (TPSA) is 20.2 Å². The van der Waals surface area contributed by atoms with Crippen molar-refractivity contribution in [2.45, 2.75) is 32.8 Å². The van der Waals surface area contributed by atoms with Crippen molar-refractivity contribution in [1.29, 1.82) is 0 Å². The van der Waals surface area contributed by atoms with Crippen LogP contribution in [0.15, 0.2) is 16.6 Å². The van der Waals surface area contributed by atoms with Crippen LogP contribution in [-0.4, -0.2) is 5.11 Å². The van der Waals surface area contributed by atoms with E-state index in [4.69, 9.17) is 0 Å². The molecule has 0 radical (unpaired) electrons. The quantitative estimate of drug-likeness (QED) is 0.882. The van der Waals surface area contributed by atoms with Gasteiger partial charge in [-0.2, -0.15) is 0 Å². The summed E-state index contributed by atoms with van der Waals surface area (Å²) in [6.45, 7) is 4.00. The molecule has 0 saturated carbocycles. The highest BCUT2D eigenvalue weighted by Crippen LogP contribution is 2.28. The van der Waals surface area contributed by atoms with Gasteiger partial charge in [0, 0.05) is 4.47 Å². The van der Waals surface area contributed by atoms with E-state index < -0.39 is 17.7 Å². The summed E-state index contributed by atoms with van der Waals surface area (Å²) < 4.78 is 27.2. The summed E-state index contributed by atoms with van der Waals surface area (Å²) in [5.41, 5.74) is -0.233. The Kier molecular flexibility index (Phi) is 4.87. The third-order valence-electron chi connectivity index (χ3n) is 2.39. The van der Waals surface area contributed by atoms with Crippen LogP contribution in [0.1, 0.15) is 38.4 Å². The summed E-state index contributed by atoms with van der Waals surface area (Å²) in [6, 6.07) is 2.33. The van der Waals surface area contributed by atoms with Crippen LogP contribution in [0.4, 0.5) is 8.78 Å². The molecule has 1 aromatic carbocycles. The predicted molar refractivity (Wildman–Crippen MR) is 63.1 cm³/mol. The van der Waals surface area contributed by atoms with Crippen LogP contribution in [-0.2, 0) is 0 Å². The first-order chi connectivity index (χ1) is 7.41. The van der Waals surface area contributed by atoms with Crippen LogP contribution in [0.2, 0.25) is 0 Å². The first-order valence-electron chi connectivity index (χ1n) is 5.24. The lowest BCUT2D eigenvalue weighted by molar-refractivity contribution is 0.150. The second kappa shape index (κ2) is 5.73. The Balaban J connectivity index is 2.86. The predicted octanol–water partition coefficient (Wildman–Crippen LogP) is 4.20. The maximum Gasteiger partial charge on any atom is 0.133 e. The van der Waals surface area contributed by atoms with Gasteiger partial charge in [0.2, 0.25) is 0 Å². The Bertz CT molecular complexity index is 343. The SMILES string of the molecule is CC(C)CCC(O)c1c(F)cc(Br)cc1F. The molecule has 0 heterocycles. The summed E-state index contributed by atoms with van der Waals surface area (Å²) in [4.78, 5) is 0. The molecule has 90 valence electrons. The molecule has 0 bridgehead atoms. The Morgan fingerprint density at radius 3 is 2.12 bits per heavy atom. The van der Waals surface area contributed by atoms with Crippen LogP contribution in [0.25, 0.3) is 0 Å². The molecular weight excluding hydrogens is 278 g/mol. The molecule has 0 spiro atoms. The molecule has 4 heteroatoms. The van der Waals surface area contributed by atoms with Gasteiger partial charge < -0.3 is 5.11 Å².